The van der Waals surface area contributed by atoms with Gasteiger partial charge in [-0.2, -0.15) is 0 Å². The Morgan fingerprint density at radius 1 is 1.23 bits per heavy atom. The van der Waals surface area contributed by atoms with Gasteiger partial charge in [-0.15, -0.1) is 0 Å². The van der Waals surface area contributed by atoms with Gasteiger partial charge in [0.1, 0.15) is 0 Å². The molecule has 2 rings (SSSR count). The van der Waals surface area contributed by atoms with Gasteiger partial charge < -0.3 is 15.4 Å². The predicted molar refractivity (Wildman–Crippen MR) is 96.9 cm³/mol. The average Bonchev–Trinajstić information content (AvgIpc) is 2.79. The molecule has 0 unspecified atom stereocenters. The first-order chi connectivity index (χ1) is 12.3. The average molecular weight is 388 g/mol. The van der Waals surface area contributed by atoms with Crippen molar-refractivity contribution in [3.05, 3.63) is 11.3 Å². The van der Waals surface area contributed by atoms with Crippen LogP contribution in [0.2, 0.25) is 0 Å². The molecule has 1 saturated heterocycles. The number of carbonyl (C=O) groups is 2. The van der Waals surface area contributed by atoms with Gasteiger partial charge in [0.2, 0.25) is 10.0 Å². The van der Waals surface area contributed by atoms with Gasteiger partial charge >= 0.3 is 12.0 Å². The summed E-state index contributed by atoms with van der Waals surface area (Å²) in [4.78, 5) is 26.4. The molecule has 2 amide bonds. The minimum atomic E-state index is -3.22. The molecule has 1 fully saturated rings. The van der Waals surface area contributed by atoms with Crippen LogP contribution >= 0.6 is 0 Å². The van der Waals surface area contributed by atoms with E-state index in [4.69, 9.17) is 4.74 Å². The third-order valence-electron chi connectivity index (χ3n) is 4.55. The number of urea groups is 1. The Morgan fingerprint density at radius 3 is 2.58 bits per heavy atom. The number of nitrogens with zero attached hydrogens (tertiary/aromatic N) is 2. The summed E-state index contributed by atoms with van der Waals surface area (Å²) in [7, 11) is -3.22. The molecule has 2 aliphatic rings. The zero-order valence-electron chi connectivity index (χ0n) is 15.6. The molecule has 148 valence electrons. The summed E-state index contributed by atoms with van der Waals surface area (Å²) in [6.07, 6.45) is 2.48. The van der Waals surface area contributed by atoms with E-state index in [1.165, 1.54) is 10.6 Å². The maximum atomic E-state index is 12.4. The van der Waals surface area contributed by atoms with Crippen LogP contribution in [0.25, 0.3) is 0 Å². The Bertz CT molecular complexity index is 676. The molecule has 0 bridgehead atoms. The highest BCUT2D eigenvalue weighted by molar-refractivity contribution is 7.88. The Hall–Kier alpha value is -1.65. The van der Waals surface area contributed by atoms with Crippen molar-refractivity contribution in [2.45, 2.75) is 32.7 Å². The molecule has 0 saturated carbocycles. The molecule has 9 nitrogen and oxygen atoms in total. The molecule has 1 atom stereocenters. The van der Waals surface area contributed by atoms with Crippen molar-refractivity contribution in [3.8, 4) is 0 Å². The van der Waals surface area contributed by atoms with Gasteiger partial charge in [-0.25, -0.2) is 22.3 Å². The van der Waals surface area contributed by atoms with Crippen LogP contribution in [-0.2, 0) is 19.6 Å². The second-order valence-corrected chi connectivity index (χ2v) is 8.45. The largest absolute Gasteiger partial charge is 0.463 e. The summed E-state index contributed by atoms with van der Waals surface area (Å²) in [5.41, 5.74) is 0.977. The zero-order chi connectivity index (χ0) is 19.3. The highest BCUT2D eigenvalue weighted by atomic mass is 32.2. The Balaban J connectivity index is 2.19. The topological polar surface area (TPSA) is 108 Å². The summed E-state index contributed by atoms with van der Waals surface area (Å²) in [6.45, 7) is 6.35. The molecule has 0 aromatic rings. The van der Waals surface area contributed by atoms with Crippen molar-refractivity contribution >= 4 is 22.0 Å². The lowest BCUT2D eigenvalue weighted by Crippen LogP contribution is -2.52. The van der Waals surface area contributed by atoms with Gasteiger partial charge in [-0.1, -0.05) is 6.92 Å². The van der Waals surface area contributed by atoms with Gasteiger partial charge in [-0.05, 0) is 26.3 Å². The van der Waals surface area contributed by atoms with Crippen LogP contribution in [0.4, 0.5) is 4.79 Å². The first-order valence-corrected chi connectivity index (χ1v) is 10.8. The second-order valence-electron chi connectivity index (χ2n) is 6.46. The minimum absolute atomic E-state index is 0.257. The number of carbonyl (C=O) groups excluding carboxylic acids is 2. The van der Waals surface area contributed by atoms with E-state index in [0.29, 0.717) is 56.8 Å². The molecule has 0 spiro atoms. The van der Waals surface area contributed by atoms with Gasteiger partial charge in [0.05, 0.1) is 24.5 Å². The smallest absolute Gasteiger partial charge is 0.337 e. The van der Waals surface area contributed by atoms with Crippen molar-refractivity contribution in [2.75, 3.05) is 45.6 Å². The third kappa shape index (κ3) is 5.18. The molecular weight excluding hydrogens is 360 g/mol. The summed E-state index contributed by atoms with van der Waals surface area (Å²) >= 11 is 0. The Kier molecular flexibility index (Phi) is 7.01. The Morgan fingerprint density at radius 2 is 1.96 bits per heavy atom. The molecule has 0 aromatic heterocycles. The van der Waals surface area contributed by atoms with E-state index in [1.54, 1.807) is 6.92 Å². The normalized spacial score (nSPS) is 23.2. The van der Waals surface area contributed by atoms with Crippen molar-refractivity contribution in [3.63, 3.8) is 0 Å². The summed E-state index contributed by atoms with van der Waals surface area (Å²) in [5, 5.41) is 5.48. The van der Waals surface area contributed by atoms with Crippen molar-refractivity contribution in [2.24, 2.45) is 0 Å². The molecule has 2 heterocycles. The van der Waals surface area contributed by atoms with E-state index >= 15 is 0 Å². The highest BCUT2D eigenvalue weighted by Gasteiger charge is 2.32. The van der Waals surface area contributed by atoms with Crippen molar-refractivity contribution in [1.29, 1.82) is 0 Å². The van der Waals surface area contributed by atoms with E-state index in [-0.39, 0.29) is 12.6 Å². The van der Waals surface area contributed by atoms with Crippen LogP contribution in [-0.4, -0.2) is 81.3 Å². The maximum absolute atomic E-state index is 12.4. The molecule has 0 radical (unpaired) electrons. The fourth-order valence-corrected chi connectivity index (χ4v) is 4.12. The number of nitrogens with one attached hydrogen (secondary N) is 2. The molecule has 2 aliphatic heterocycles. The fourth-order valence-electron chi connectivity index (χ4n) is 3.25. The quantitative estimate of drug-likeness (QED) is 0.614. The number of hydrogen-bond acceptors (Lipinski definition) is 6. The first-order valence-electron chi connectivity index (χ1n) is 8.91. The standard InChI is InChI=1S/C16H28N4O5S/c1-4-12-14(15(21)25-5-2)13(18-16(22)17-12)11-19-7-6-8-20(10-9-19)26(3,23)24/h12H,4-11H2,1-3H3,(H2,17,18,22)/t12-/m1/s1. The van der Waals surface area contributed by atoms with Crippen LogP contribution in [0.1, 0.15) is 26.7 Å². The van der Waals surface area contributed by atoms with E-state index in [1.807, 2.05) is 6.92 Å². The minimum Gasteiger partial charge on any atom is -0.463 e. The lowest BCUT2D eigenvalue weighted by molar-refractivity contribution is -0.139. The number of esters is 1. The van der Waals surface area contributed by atoms with Crippen LogP contribution in [0.15, 0.2) is 11.3 Å². The lowest BCUT2D eigenvalue weighted by Gasteiger charge is -2.31. The first kappa shape index (κ1) is 20.7. The number of hydrogen-bond donors (Lipinski definition) is 2. The van der Waals surface area contributed by atoms with Crippen LogP contribution in [0.3, 0.4) is 0 Å². The van der Waals surface area contributed by atoms with Crippen LogP contribution in [0.5, 0.6) is 0 Å². The molecule has 2 N–H and O–H groups in total. The number of ether oxygens (including phenoxy) is 1. The summed E-state index contributed by atoms with van der Waals surface area (Å²) in [6, 6.07) is -0.732. The van der Waals surface area contributed by atoms with Crippen molar-refractivity contribution < 1.29 is 22.7 Å². The van der Waals surface area contributed by atoms with Gasteiger partial charge in [0.25, 0.3) is 0 Å². The molecule has 0 aliphatic carbocycles. The number of rotatable bonds is 6. The molecule has 26 heavy (non-hydrogen) atoms. The van der Waals surface area contributed by atoms with E-state index in [9.17, 15) is 18.0 Å². The van der Waals surface area contributed by atoms with Gasteiger partial charge in [0, 0.05) is 31.9 Å². The van der Waals surface area contributed by atoms with E-state index in [0.717, 1.165) is 0 Å². The number of amides is 2. The van der Waals surface area contributed by atoms with Crippen LogP contribution in [0, 0.1) is 0 Å². The molecule has 10 heteroatoms. The van der Waals surface area contributed by atoms with Crippen molar-refractivity contribution in [1.82, 2.24) is 19.8 Å². The predicted octanol–water partition coefficient (Wildman–Crippen LogP) is -0.138. The fraction of sp³-hybridized carbons (Fsp3) is 0.750. The summed E-state index contributed by atoms with van der Waals surface area (Å²) < 4.78 is 30.1. The maximum Gasteiger partial charge on any atom is 0.337 e. The Labute approximate surface area is 154 Å². The molecule has 0 aromatic carbocycles. The SMILES string of the molecule is CCOC(=O)C1=C(CN2CCCN(S(C)(=O)=O)CC2)NC(=O)N[C@@H]1CC. The third-order valence-corrected chi connectivity index (χ3v) is 5.85. The highest BCUT2D eigenvalue weighted by Crippen LogP contribution is 2.19. The van der Waals surface area contributed by atoms with E-state index < -0.39 is 22.0 Å². The number of sulfonamides is 1. The van der Waals surface area contributed by atoms with Crippen LogP contribution < -0.4 is 10.6 Å². The van der Waals surface area contributed by atoms with Gasteiger partial charge in [0.15, 0.2) is 0 Å². The van der Waals surface area contributed by atoms with Gasteiger partial charge in [-0.3, -0.25) is 4.90 Å². The molecular formula is C16H28N4O5S. The monoisotopic (exact) mass is 388 g/mol. The zero-order valence-corrected chi connectivity index (χ0v) is 16.4. The summed E-state index contributed by atoms with van der Waals surface area (Å²) in [5.74, 6) is -0.436. The van der Waals surface area contributed by atoms with E-state index in [2.05, 4.69) is 15.5 Å². The second kappa shape index (κ2) is 8.83. The lowest BCUT2D eigenvalue weighted by atomic mass is 10.00.